The summed E-state index contributed by atoms with van der Waals surface area (Å²) in [4.78, 5) is 64.5. The van der Waals surface area contributed by atoms with Crippen molar-refractivity contribution in [1.82, 2.24) is 25.1 Å². The summed E-state index contributed by atoms with van der Waals surface area (Å²) in [6.07, 6.45) is -0.480. The monoisotopic (exact) mass is 601 g/mol. The number of nitrogens with one attached hydrogen (secondary N) is 1. The number of carbonyl (C=O) groups excluding carboxylic acids is 4. The lowest BCUT2D eigenvalue weighted by Gasteiger charge is -2.36. The Kier molecular flexibility index (Phi) is 10.6. The van der Waals surface area contributed by atoms with Gasteiger partial charge in [0, 0.05) is 43.7 Å². The highest BCUT2D eigenvalue weighted by atomic mass is 16.6. The van der Waals surface area contributed by atoms with E-state index in [4.69, 9.17) is 14.5 Å². The molecule has 1 aliphatic heterocycles. The molecule has 1 saturated heterocycles. The Morgan fingerprint density at radius 3 is 2.05 bits per heavy atom. The largest absolute Gasteiger partial charge is 0.460 e. The molecular formula is C33H39N5O6. The van der Waals surface area contributed by atoms with Gasteiger partial charge in [0.25, 0.3) is 5.91 Å². The van der Waals surface area contributed by atoms with E-state index in [9.17, 15) is 19.2 Å². The molecule has 2 aromatic carbocycles. The van der Waals surface area contributed by atoms with Gasteiger partial charge in [0.1, 0.15) is 17.3 Å². The molecule has 1 fully saturated rings. The lowest BCUT2D eigenvalue weighted by atomic mass is 10.1. The Balaban J connectivity index is 1.58. The minimum Gasteiger partial charge on any atom is -0.460 e. The van der Waals surface area contributed by atoms with Crippen molar-refractivity contribution in [3.05, 3.63) is 72.4 Å². The van der Waals surface area contributed by atoms with Crippen LogP contribution in [0.3, 0.4) is 0 Å². The number of benzene rings is 2. The molecule has 1 N–H and O–H groups in total. The number of hydrogen-bond acceptors (Lipinski definition) is 8. The van der Waals surface area contributed by atoms with Gasteiger partial charge in [0.05, 0.1) is 12.3 Å². The Morgan fingerprint density at radius 1 is 0.864 bits per heavy atom. The van der Waals surface area contributed by atoms with Crippen molar-refractivity contribution in [3.8, 4) is 22.6 Å². The van der Waals surface area contributed by atoms with Crippen LogP contribution < -0.4 is 5.32 Å². The number of piperazine rings is 1. The van der Waals surface area contributed by atoms with Crippen LogP contribution in [0.1, 0.15) is 51.0 Å². The van der Waals surface area contributed by atoms with Crippen LogP contribution in [0.4, 0.5) is 4.79 Å². The van der Waals surface area contributed by atoms with Crippen LogP contribution in [0.15, 0.2) is 66.7 Å². The van der Waals surface area contributed by atoms with Gasteiger partial charge in [-0.15, -0.1) is 0 Å². The van der Waals surface area contributed by atoms with Gasteiger partial charge in [0.15, 0.2) is 5.82 Å². The molecule has 2 heterocycles. The highest BCUT2D eigenvalue weighted by Gasteiger charge is 2.32. The zero-order valence-electron chi connectivity index (χ0n) is 25.6. The number of aromatic nitrogens is 2. The SMILES string of the molecule is CCOC(=O)N1CCN(C(=O)C(CCC(=O)OC(C)(C)C)NC(=O)c2cc(-c3ccccc3)nc(-c3ccccc3)n2)CC1. The third-order valence-corrected chi connectivity index (χ3v) is 6.84. The van der Waals surface area contributed by atoms with Gasteiger partial charge in [-0.05, 0) is 40.2 Å². The molecule has 232 valence electrons. The average molecular weight is 602 g/mol. The van der Waals surface area contributed by atoms with E-state index in [0.717, 1.165) is 11.1 Å². The fourth-order valence-corrected chi connectivity index (χ4v) is 4.73. The van der Waals surface area contributed by atoms with Gasteiger partial charge < -0.3 is 24.6 Å². The standard InChI is InChI=1S/C33H39N5O6/c1-5-43-32(42)38-20-18-37(19-21-38)31(41)25(16-17-28(39)44-33(2,3)4)36-30(40)27-22-26(23-12-8-6-9-13-23)34-29(35-27)24-14-10-7-11-15-24/h6-15,22,25H,5,16-21H2,1-4H3,(H,36,40). The summed E-state index contributed by atoms with van der Waals surface area (Å²) in [5.74, 6) is -1.04. The molecule has 1 aliphatic rings. The molecule has 3 aromatic rings. The second kappa shape index (κ2) is 14.6. The van der Waals surface area contributed by atoms with Crippen LogP contribution in [0.25, 0.3) is 22.6 Å². The van der Waals surface area contributed by atoms with E-state index in [1.807, 2.05) is 60.7 Å². The van der Waals surface area contributed by atoms with Crippen molar-refractivity contribution in [2.24, 2.45) is 0 Å². The predicted molar refractivity (Wildman–Crippen MR) is 164 cm³/mol. The van der Waals surface area contributed by atoms with Gasteiger partial charge in [-0.1, -0.05) is 60.7 Å². The van der Waals surface area contributed by atoms with E-state index < -0.39 is 29.6 Å². The van der Waals surface area contributed by atoms with E-state index >= 15 is 0 Å². The fourth-order valence-electron chi connectivity index (χ4n) is 4.73. The molecule has 11 heteroatoms. The summed E-state index contributed by atoms with van der Waals surface area (Å²) >= 11 is 0. The number of nitrogens with zero attached hydrogens (tertiary/aromatic N) is 4. The second-order valence-corrected chi connectivity index (χ2v) is 11.4. The number of rotatable bonds is 9. The maximum absolute atomic E-state index is 13.7. The molecule has 0 bridgehead atoms. The van der Waals surface area contributed by atoms with Crippen molar-refractivity contribution in [3.63, 3.8) is 0 Å². The molecule has 0 saturated carbocycles. The van der Waals surface area contributed by atoms with E-state index in [0.29, 0.717) is 24.6 Å². The summed E-state index contributed by atoms with van der Waals surface area (Å²) < 4.78 is 10.5. The quantitative estimate of drug-likeness (QED) is 0.359. The summed E-state index contributed by atoms with van der Waals surface area (Å²) in [5.41, 5.74) is 1.48. The average Bonchev–Trinajstić information content (AvgIpc) is 3.02. The van der Waals surface area contributed by atoms with E-state index in [1.165, 1.54) is 0 Å². The summed E-state index contributed by atoms with van der Waals surface area (Å²) in [7, 11) is 0. The van der Waals surface area contributed by atoms with Gasteiger partial charge >= 0.3 is 12.1 Å². The first-order valence-electron chi connectivity index (χ1n) is 14.8. The molecule has 0 radical (unpaired) electrons. The fraction of sp³-hybridized carbons (Fsp3) is 0.394. The Labute approximate surface area is 257 Å². The molecule has 1 aromatic heterocycles. The van der Waals surface area contributed by atoms with Crippen LogP contribution in [0, 0.1) is 0 Å². The third-order valence-electron chi connectivity index (χ3n) is 6.84. The number of amides is 3. The molecule has 11 nitrogen and oxygen atoms in total. The van der Waals surface area contributed by atoms with E-state index in [1.54, 1.807) is 43.6 Å². The van der Waals surface area contributed by atoms with Crippen LogP contribution in [0.2, 0.25) is 0 Å². The van der Waals surface area contributed by atoms with Gasteiger partial charge in [-0.3, -0.25) is 14.4 Å². The van der Waals surface area contributed by atoms with Crippen molar-refractivity contribution in [2.75, 3.05) is 32.8 Å². The van der Waals surface area contributed by atoms with Crippen molar-refractivity contribution in [2.45, 2.75) is 52.2 Å². The Morgan fingerprint density at radius 2 is 1.45 bits per heavy atom. The zero-order chi connectivity index (χ0) is 31.7. The van der Waals surface area contributed by atoms with E-state index in [-0.39, 0.29) is 44.1 Å². The molecule has 3 amide bonds. The number of ether oxygens (including phenoxy) is 2. The first kappa shape index (κ1) is 32.1. The van der Waals surface area contributed by atoms with Gasteiger partial charge in [-0.25, -0.2) is 14.8 Å². The third kappa shape index (κ3) is 8.85. The highest BCUT2D eigenvalue weighted by molar-refractivity contribution is 5.97. The van der Waals surface area contributed by atoms with Crippen LogP contribution >= 0.6 is 0 Å². The lowest BCUT2D eigenvalue weighted by molar-refractivity contribution is -0.155. The van der Waals surface area contributed by atoms with Crippen molar-refractivity contribution < 1.29 is 28.7 Å². The first-order chi connectivity index (χ1) is 21.0. The zero-order valence-corrected chi connectivity index (χ0v) is 25.6. The molecular weight excluding hydrogens is 562 g/mol. The molecule has 1 atom stereocenters. The Hall–Kier alpha value is -4.80. The second-order valence-electron chi connectivity index (χ2n) is 11.4. The number of esters is 1. The lowest BCUT2D eigenvalue weighted by Crippen LogP contribution is -2.56. The summed E-state index contributed by atoms with van der Waals surface area (Å²) in [6.45, 7) is 8.41. The normalized spacial score (nSPS) is 14.0. The number of carbonyl (C=O) groups is 4. The molecule has 44 heavy (non-hydrogen) atoms. The smallest absolute Gasteiger partial charge is 0.409 e. The molecule has 1 unspecified atom stereocenters. The maximum Gasteiger partial charge on any atom is 0.409 e. The van der Waals surface area contributed by atoms with Crippen molar-refractivity contribution in [1.29, 1.82) is 0 Å². The predicted octanol–water partition coefficient (Wildman–Crippen LogP) is 4.33. The van der Waals surface area contributed by atoms with Crippen LogP contribution in [-0.4, -0.2) is 88.1 Å². The Bertz CT molecular complexity index is 1390. The maximum atomic E-state index is 13.7. The van der Waals surface area contributed by atoms with E-state index in [2.05, 4.69) is 10.3 Å². The minimum absolute atomic E-state index is 0.0275. The van der Waals surface area contributed by atoms with Gasteiger partial charge in [-0.2, -0.15) is 0 Å². The minimum atomic E-state index is -1.03. The van der Waals surface area contributed by atoms with Crippen molar-refractivity contribution >= 4 is 23.9 Å². The molecule has 0 aliphatic carbocycles. The highest BCUT2D eigenvalue weighted by Crippen LogP contribution is 2.23. The van der Waals surface area contributed by atoms with Crippen LogP contribution in [-0.2, 0) is 19.1 Å². The topological polar surface area (TPSA) is 131 Å². The van der Waals surface area contributed by atoms with Gasteiger partial charge in [0.2, 0.25) is 5.91 Å². The summed E-state index contributed by atoms with van der Waals surface area (Å²) in [5, 5.41) is 2.83. The molecule has 0 spiro atoms. The van der Waals surface area contributed by atoms with Crippen LogP contribution in [0.5, 0.6) is 0 Å². The first-order valence-corrected chi connectivity index (χ1v) is 14.8. The summed E-state index contributed by atoms with van der Waals surface area (Å²) in [6, 6.07) is 19.3. The molecule has 4 rings (SSSR count). The number of hydrogen-bond donors (Lipinski definition) is 1.